The lowest BCUT2D eigenvalue weighted by atomic mass is 10.1. The summed E-state index contributed by atoms with van der Waals surface area (Å²) in [6.45, 7) is 5.10. The van der Waals surface area contributed by atoms with Gasteiger partial charge in [-0.15, -0.1) is 0 Å². The van der Waals surface area contributed by atoms with Crippen LogP contribution in [0.3, 0.4) is 0 Å². The Kier molecular flexibility index (Phi) is 10.8. The molecular weight excluding hydrogens is 579 g/mol. The highest BCUT2D eigenvalue weighted by molar-refractivity contribution is 7.16. The zero-order chi connectivity index (χ0) is 26.5. The SMILES string of the molecule is CCCCn1c(=NC(=O)c2cc(C(F)(F)F)ccc2OC[C@H](C)O)sc2cc[n+](COC(C)=O)cc21.[Br-]. The van der Waals surface area contributed by atoms with Crippen molar-refractivity contribution in [2.75, 3.05) is 6.61 Å². The third-order valence-corrected chi connectivity index (χ3v) is 6.11. The first-order valence-corrected chi connectivity index (χ1v) is 12.1. The number of amides is 1. The second kappa shape index (κ2) is 13.2. The van der Waals surface area contributed by atoms with E-state index in [1.165, 1.54) is 25.2 Å². The number of benzene rings is 1. The number of carbonyl (C=O) groups is 2. The number of hydrogen-bond acceptors (Lipinski definition) is 6. The molecule has 8 nitrogen and oxygen atoms in total. The average Bonchev–Trinajstić information content (AvgIpc) is 3.15. The first kappa shape index (κ1) is 30.5. The molecule has 13 heteroatoms. The molecule has 1 amide bonds. The number of nitrogens with zero attached hydrogens (tertiary/aromatic N) is 3. The summed E-state index contributed by atoms with van der Waals surface area (Å²) >= 11 is 1.22. The van der Waals surface area contributed by atoms with Gasteiger partial charge < -0.3 is 36.1 Å². The predicted molar refractivity (Wildman–Crippen MR) is 125 cm³/mol. The minimum atomic E-state index is -4.66. The number of aliphatic hydroxyl groups is 1. The number of carbonyl (C=O) groups excluding carboxylic acids is 2. The fraction of sp³-hybridized carbons (Fsp3) is 0.417. The average molecular weight is 606 g/mol. The fourth-order valence-electron chi connectivity index (χ4n) is 3.28. The van der Waals surface area contributed by atoms with Crippen molar-refractivity contribution in [2.24, 2.45) is 4.99 Å². The van der Waals surface area contributed by atoms with Gasteiger partial charge in [0.1, 0.15) is 17.9 Å². The summed E-state index contributed by atoms with van der Waals surface area (Å²) in [4.78, 5) is 28.8. The molecule has 3 rings (SSSR count). The van der Waals surface area contributed by atoms with E-state index >= 15 is 0 Å². The highest BCUT2D eigenvalue weighted by Gasteiger charge is 2.32. The highest BCUT2D eigenvalue weighted by atomic mass is 79.9. The van der Waals surface area contributed by atoms with E-state index in [1.807, 2.05) is 11.5 Å². The molecule has 0 fully saturated rings. The maximum Gasteiger partial charge on any atom is 0.416 e. The molecule has 0 radical (unpaired) electrons. The van der Waals surface area contributed by atoms with Crippen LogP contribution in [0.4, 0.5) is 13.2 Å². The molecule has 0 aliphatic heterocycles. The molecule has 2 heterocycles. The third-order valence-electron chi connectivity index (χ3n) is 5.05. The van der Waals surface area contributed by atoms with E-state index in [4.69, 9.17) is 9.47 Å². The van der Waals surface area contributed by atoms with Crippen molar-refractivity contribution in [1.29, 1.82) is 0 Å². The van der Waals surface area contributed by atoms with E-state index < -0.39 is 29.7 Å². The number of aryl methyl sites for hydroxylation is 1. The maximum atomic E-state index is 13.3. The molecule has 2 aromatic heterocycles. The molecule has 3 aromatic rings. The van der Waals surface area contributed by atoms with Gasteiger partial charge >= 0.3 is 12.1 Å². The van der Waals surface area contributed by atoms with E-state index in [0.29, 0.717) is 17.4 Å². The van der Waals surface area contributed by atoms with Crippen molar-refractivity contribution in [3.8, 4) is 5.75 Å². The first-order chi connectivity index (χ1) is 17.0. The molecule has 0 spiro atoms. The van der Waals surface area contributed by atoms with Crippen LogP contribution in [0.1, 0.15) is 49.5 Å². The zero-order valence-corrected chi connectivity index (χ0v) is 22.8. The second-order valence-electron chi connectivity index (χ2n) is 8.15. The molecule has 37 heavy (non-hydrogen) atoms. The molecule has 0 bridgehead atoms. The normalized spacial score (nSPS) is 12.8. The molecular formula is C24H27BrF3N3O5S. The molecule has 0 saturated carbocycles. The Labute approximate surface area is 225 Å². The van der Waals surface area contributed by atoms with Gasteiger partial charge in [-0.1, -0.05) is 24.7 Å². The highest BCUT2D eigenvalue weighted by Crippen LogP contribution is 2.33. The van der Waals surface area contributed by atoms with Gasteiger partial charge in [-0.05, 0) is 31.5 Å². The number of alkyl halides is 3. The van der Waals surface area contributed by atoms with E-state index in [0.717, 1.165) is 35.2 Å². The lowest BCUT2D eigenvalue weighted by Crippen LogP contribution is -3.00. The summed E-state index contributed by atoms with van der Waals surface area (Å²) in [5.74, 6) is -1.42. The van der Waals surface area contributed by atoms with Crippen LogP contribution in [0.25, 0.3) is 10.2 Å². The number of ether oxygens (including phenoxy) is 2. The number of aliphatic hydroxyl groups excluding tert-OH is 1. The van der Waals surface area contributed by atoms with Gasteiger partial charge in [0.15, 0.2) is 17.2 Å². The van der Waals surface area contributed by atoms with Crippen molar-refractivity contribution in [3.63, 3.8) is 0 Å². The number of halogens is 4. The molecule has 1 N–H and O–H groups in total. The van der Waals surface area contributed by atoms with Gasteiger partial charge in [0.05, 0.1) is 21.9 Å². The number of aromatic nitrogens is 2. The van der Waals surface area contributed by atoms with Crippen LogP contribution in [-0.2, 0) is 29.0 Å². The van der Waals surface area contributed by atoms with Gasteiger partial charge in [-0.25, -0.2) is 0 Å². The minimum Gasteiger partial charge on any atom is -1.00 e. The number of fused-ring (bicyclic) bond motifs is 1. The number of unbranched alkanes of at least 4 members (excludes halogenated alkanes) is 1. The fourth-order valence-corrected chi connectivity index (χ4v) is 4.30. The third kappa shape index (κ3) is 8.11. The first-order valence-electron chi connectivity index (χ1n) is 11.3. The van der Waals surface area contributed by atoms with Crippen LogP contribution in [0, 0.1) is 0 Å². The Morgan fingerprint density at radius 2 is 2.00 bits per heavy atom. The number of hydrogen-bond donors (Lipinski definition) is 1. The van der Waals surface area contributed by atoms with Crippen molar-refractivity contribution in [3.05, 3.63) is 52.6 Å². The van der Waals surface area contributed by atoms with Crippen molar-refractivity contribution >= 4 is 33.4 Å². The second-order valence-corrected chi connectivity index (χ2v) is 9.16. The predicted octanol–water partition coefficient (Wildman–Crippen LogP) is 0.834. The number of pyridine rings is 1. The molecule has 0 saturated heterocycles. The largest absolute Gasteiger partial charge is 1.00 e. The summed E-state index contributed by atoms with van der Waals surface area (Å²) < 4.78 is 54.7. The van der Waals surface area contributed by atoms with Crippen molar-refractivity contribution in [1.82, 2.24) is 4.57 Å². The Balaban J connectivity index is 0.00000481. The van der Waals surface area contributed by atoms with E-state index in [9.17, 15) is 27.9 Å². The summed E-state index contributed by atoms with van der Waals surface area (Å²) in [5.41, 5.74) is -0.619. The van der Waals surface area contributed by atoms with Gasteiger partial charge in [-0.2, -0.15) is 22.7 Å². The minimum absolute atomic E-state index is 0. The quantitative estimate of drug-likeness (QED) is 0.288. The summed E-state index contributed by atoms with van der Waals surface area (Å²) in [5, 5.41) is 9.51. The van der Waals surface area contributed by atoms with Crippen LogP contribution in [0.5, 0.6) is 5.75 Å². The van der Waals surface area contributed by atoms with Crippen LogP contribution in [0.15, 0.2) is 41.7 Å². The molecule has 1 aromatic carbocycles. The standard InChI is InChI=1S/C24H27F3N3O5S.BrH/c1-4-5-9-30-19-12-29(14-35-16(3)32)10-8-21(19)36-23(30)28-22(33)18-11-17(24(25,26)27)6-7-20(18)34-13-15(2)31;/h6-8,10-12,15,31H,4-5,9,13-14H2,1-3H3;1H/q+1;/p-1/t15-;/m0./s1. The van der Waals surface area contributed by atoms with Gasteiger partial charge in [-0.3, -0.25) is 9.59 Å². The summed E-state index contributed by atoms with van der Waals surface area (Å²) in [7, 11) is 0. The Morgan fingerprint density at radius 3 is 2.62 bits per heavy atom. The zero-order valence-electron chi connectivity index (χ0n) is 20.4. The van der Waals surface area contributed by atoms with Crippen molar-refractivity contribution < 1.29 is 58.9 Å². The Morgan fingerprint density at radius 1 is 1.27 bits per heavy atom. The maximum absolute atomic E-state index is 13.3. The number of esters is 1. The monoisotopic (exact) mass is 605 g/mol. The van der Waals surface area contributed by atoms with Crippen LogP contribution in [-0.4, -0.2) is 34.3 Å². The molecule has 1 atom stereocenters. The Hall–Kier alpha value is -2.77. The smallest absolute Gasteiger partial charge is 0.416 e. The number of rotatable bonds is 9. The summed E-state index contributed by atoms with van der Waals surface area (Å²) in [6, 6.07) is 4.37. The molecule has 0 aliphatic carbocycles. The van der Waals surface area contributed by atoms with Crippen LogP contribution in [0.2, 0.25) is 0 Å². The molecule has 202 valence electrons. The lowest BCUT2D eigenvalue weighted by molar-refractivity contribution is -0.726. The number of thiazole rings is 1. The van der Waals surface area contributed by atoms with Gasteiger partial charge in [0.2, 0.25) is 0 Å². The van der Waals surface area contributed by atoms with E-state index in [2.05, 4.69) is 4.99 Å². The topological polar surface area (TPSA) is 94.0 Å². The molecule has 0 aliphatic rings. The summed E-state index contributed by atoms with van der Waals surface area (Å²) in [6.07, 6.45) is -0.431. The Bertz CT molecular complexity index is 1320. The van der Waals surface area contributed by atoms with E-state index in [1.54, 1.807) is 23.0 Å². The van der Waals surface area contributed by atoms with Crippen molar-refractivity contribution in [2.45, 2.75) is 59.2 Å². The van der Waals surface area contributed by atoms with Gasteiger partial charge in [0, 0.05) is 19.5 Å². The van der Waals surface area contributed by atoms with Gasteiger partial charge in [0.25, 0.3) is 12.6 Å². The van der Waals surface area contributed by atoms with E-state index in [-0.39, 0.29) is 41.6 Å². The lowest BCUT2D eigenvalue weighted by Gasteiger charge is -2.13. The van der Waals surface area contributed by atoms with Crippen LogP contribution >= 0.6 is 11.3 Å². The van der Waals surface area contributed by atoms with Crippen LogP contribution < -0.4 is 31.1 Å². The molecule has 0 unspecified atom stereocenters.